The Balaban J connectivity index is 1.35. The molecule has 2 aromatic carbocycles. The van der Waals surface area contributed by atoms with Crippen LogP contribution in [0.5, 0.6) is 11.5 Å². The number of nitrogens with zero attached hydrogens (tertiary/aromatic N) is 1. The lowest BCUT2D eigenvalue weighted by molar-refractivity contribution is 0.0669. The molecule has 0 aromatic heterocycles. The molecule has 27 heavy (non-hydrogen) atoms. The van der Waals surface area contributed by atoms with Gasteiger partial charge < -0.3 is 14.6 Å². The third kappa shape index (κ3) is 2.91. The highest BCUT2D eigenvalue weighted by molar-refractivity contribution is 5.74. The van der Waals surface area contributed by atoms with Gasteiger partial charge in [-0.05, 0) is 47.7 Å². The minimum atomic E-state index is -0.559. The summed E-state index contributed by atoms with van der Waals surface area (Å²) in [4.78, 5) is 2.29. The van der Waals surface area contributed by atoms with E-state index in [2.05, 4.69) is 17.0 Å². The molecule has 4 nitrogen and oxygen atoms in total. The molecule has 5 rings (SSSR count). The van der Waals surface area contributed by atoms with Crippen LogP contribution in [0.25, 0.3) is 5.57 Å². The van der Waals surface area contributed by atoms with E-state index in [4.69, 9.17) is 9.47 Å². The summed E-state index contributed by atoms with van der Waals surface area (Å²) in [6, 6.07) is 10.7. The molecular weight excluding hydrogens is 345 g/mol. The zero-order chi connectivity index (χ0) is 18.4. The van der Waals surface area contributed by atoms with E-state index in [9.17, 15) is 9.50 Å². The average molecular weight is 367 g/mol. The van der Waals surface area contributed by atoms with Crippen molar-refractivity contribution >= 4 is 5.57 Å². The van der Waals surface area contributed by atoms with E-state index in [1.54, 1.807) is 12.1 Å². The molecule has 0 saturated carbocycles. The molecular formula is C22H22FNO3. The van der Waals surface area contributed by atoms with Gasteiger partial charge in [0.05, 0.1) is 6.10 Å². The first kappa shape index (κ1) is 16.8. The molecule has 0 saturated heterocycles. The summed E-state index contributed by atoms with van der Waals surface area (Å²) in [6.07, 6.45) is 3.23. The van der Waals surface area contributed by atoms with E-state index in [1.807, 2.05) is 12.1 Å². The number of para-hydroxylation sites is 1. The topological polar surface area (TPSA) is 41.9 Å². The summed E-state index contributed by atoms with van der Waals surface area (Å²) in [5, 5.41) is 10.7. The number of benzene rings is 2. The van der Waals surface area contributed by atoms with E-state index in [0.29, 0.717) is 19.6 Å². The van der Waals surface area contributed by atoms with Crippen LogP contribution in [0.15, 0.2) is 42.5 Å². The summed E-state index contributed by atoms with van der Waals surface area (Å²) in [6.45, 7) is 2.78. The maximum absolute atomic E-state index is 13.5. The monoisotopic (exact) mass is 367 g/mol. The maximum Gasteiger partial charge on any atom is 0.168 e. The molecule has 2 atom stereocenters. The zero-order valence-electron chi connectivity index (χ0n) is 15.0. The van der Waals surface area contributed by atoms with Crippen molar-refractivity contribution in [2.45, 2.75) is 25.0 Å². The fourth-order valence-corrected chi connectivity index (χ4v) is 4.47. The summed E-state index contributed by atoms with van der Waals surface area (Å²) in [5.41, 5.74) is 4.14. The van der Waals surface area contributed by atoms with Gasteiger partial charge in [0.25, 0.3) is 0 Å². The van der Waals surface area contributed by atoms with Gasteiger partial charge >= 0.3 is 0 Å². The van der Waals surface area contributed by atoms with Gasteiger partial charge in [-0.2, -0.15) is 0 Å². The van der Waals surface area contributed by atoms with Gasteiger partial charge in [0.2, 0.25) is 0 Å². The van der Waals surface area contributed by atoms with Gasteiger partial charge in [-0.3, -0.25) is 4.90 Å². The molecule has 0 spiro atoms. The molecule has 1 aliphatic carbocycles. The zero-order valence-corrected chi connectivity index (χ0v) is 15.0. The van der Waals surface area contributed by atoms with Crippen molar-refractivity contribution in [2.24, 2.45) is 0 Å². The number of halogens is 1. The summed E-state index contributed by atoms with van der Waals surface area (Å²) < 4.78 is 25.0. The van der Waals surface area contributed by atoms with Gasteiger partial charge in [0.15, 0.2) is 11.5 Å². The second kappa shape index (κ2) is 6.66. The average Bonchev–Trinajstić information content (AvgIpc) is 3.03. The normalized spacial score (nSPS) is 24.4. The summed E-state index contributed by atoms with van der Waals surface area (Å²) in [5.74, 6) is 1.41. The number of hydrogen-bond acceptors (Lipinski definition) is 4. The number of hydrogen-bond donors (Lipinski definition) is 1. The van der Waals surface area contributed by atoms with Crippen LogP contribution in [0.4, 0.5) is 4.39 Å². The molecule has 5 heteroatoms. The predicted molar refractivity (Wildman–Crippen MR) is 100 cm³/mol. The predicted octanol–water partition coefficient (Wildman–Crippen LogP) is 3.34. The van der Waals surface area contributed by atoms with Crippen LogP contribution in [0.1, 0.15) is 29.2 Å². The van der Waals surface area contributed by atoms with Crippen molar-refractivity contribution in [1.82, 2.24) is 4.90 Å². The Morgan fingerprint density at radius 1 is 1.11 bits per heavy atom. The highest BCUT2D eigenvalue weighted by Gasteiger charge is 2.36. The van der Waals surface area contributed by atoms with Crippen LogP contribution in [-0.2, 0) is 6.42 Å². The Bertz CT molecular complexity index is 910. The first-order valence-corrected chi connectivity index (χ1v) is 9.49. The van der Waals surface area contributed by atoms with Crippen LogP contribution < -0.4 is 9.47 Å². The van der Waals surface area contributed by atoms with Crippen molar-refractivity contribution in [3.63, 3.8) is 0 Å². The molecule has 0 unspecified atom stereocenters. The van der Waals surface area contributed by atoms with Crippen LogP contribution in [-0.4, -0.2) is 42.4 Å². The van der Waals surface area contributed by atoms with E-state index >= 15 is 0 Å². The molecule has 2 aliphatic heterocycles. The Labute approximate surface area is 157 Å². The van der Waals surface area contributed by atoms with Crippen molar-refractivity contribution in [3.8, 4) is 11.5 Å². The number of aliphatic hydroxyl groups excluding tert-OH is 1. The van der Waals surface area contributed by atoms with Gasteiger partial charge in [-0.1, -0.05) is 24.3 Å². The molecule has 1 N–H and O–H groups in total. The van der Waals surface area contributed by atoms with Crippen LogP contribution in [0.3, 0.4) is 0 Å². The molecule has 3 aliphatic rings. The lowest BCUT2D eigenvalue weighted by atomic mass is 9.96. The smallest absolute Gasteiger partial charge is 0.168 e. The van der Waals surface area contributed by atoms with Crippen molar-refractivity contribution in [3.05, 3.63) is 65.0 Å². The van der Waals surface area contributed by atoms with E-state index in [1.165, 1.54) is 11.6 Å². The lowest BCUT2D eigenvalue weighted by Crippen LogP contribution is -2.40. The quantitative estimate of drug-likeness (QED) is 0.884. The number of rotatable bonds is 2. The Hall–Kier alpha value is -2.37. The van der Waals surface area contributed by atoms with Crippen molar-refractivity contribution in [2.75, 3.05) is 26.3 Å². The number of fused-ring (bicyclic) bond motifs is 2. The lowest BCUT2D eigenvalue weighted by Gasteiger charge is -2.34. The second-order valence-electron chi connectivity index (χ2n) is 7.36. The molecule has 0 radical (unpaired) electrons. The molecule has 2 heterocycles. The fraction of sp³-hybridized carbons (Fsp3) is 0.364. The third-order valence-corrected chi connectivity index (χ3v) is 5.84. The summed E-state index contributed by atoms with van der Waals surface area (Å²) >= 11 is 0. The standard InChI is InChI=1S/C22H22FNO3/c23-16-4-5-17-15(12-16)13-19(21(17)25)24-8-6-14(7-9-24)18-2-1-3-20-22(18)27-11-10-26-20/h1-6,12,19,21,25H,7-11,13H2/t19-,21-/m1/s1. The van der Waals surface area contributed by atoms with E-state index in [-0.39, 0.29) is 11.9 Å². The SMILES string of the molecule is O[C@@H]1c2ccc(F)cc2C[C@H]1N1CC=C(c2cccc3c2OCCO3)CC1. The third-order valence-electron chi connectivity index (χ3n) is 5.84. The molecule has 0 bridgehead atoms. The second-order valence-corrected chi connectivity index (χ2v) is 7.36. The molecule has 2 aromatic rings. The first-order chi connectivity index (χ1) is 13.2. The Morgan fingerprint density at radius 2 is 2.00 bits per heavy atom. The minimum Gasteiger partial charge on any atom is -0.486 e. The Kier molecular flexibility index (Phi) is 4.14. The van der Waals surface area contributed by atoms with E-state index in [0.717, 1.165) is 47.7 Å². The van der Waals surface area contributed by atoms with Crippen molar-refractivity contribution in [1.29, 1.82) is 0 Å². The maximum atomic E-state index is 13.5. The Morgan fingerprint density at radius 3 is 2.85 bits per heavy atom. The fourth-order valence-electron chi connectivity index (χ4n) is 4.47. The number of aliphatic hydroxyl groups is 1. The summed E-state index contributed by atoms with van der Waals surface area (Å²) in [7, 11) is 0. The molecule has 0 amide bonds. The van der Waals surface area contributed by atoms with Gasteiger partial charge in [-0.25, -0.2) is 4.39 Å². The highest BCUT2D eigenvalue weighted by Crippen LogP contribution is 2.41. The van der Waals surface area contributed by atoms with Crippen LogP contribution >= 0.6 is 0 Å². The largest absolute Gasteiger partial charge is 0.486 e. The molecule has 140 valence electrons. The number of ether oxygens (including phenoxy) is 2. The van der Waals surface area contributed by atoms with Crippen molar-refractivity contribution < 1.29 is 19.0 Å². The van der Waals surface area contributed by atoms with Crippen LogP contribution in [0.2, 0.25) is 0 Å². The van der Waals surface area contributed by atoms with Gasteiger partial charge in [0, 0.05) is 24.7 Å². The minimum absolute atomic E-state index is 0.00358. The van der Waals surface area contributed by atoms with Gasteiger partial charge in [0.1, 0.15) is 19.0 Å². The first-order valence-electron chi connectivity index (χ1n) is 9.49. The van der Waals surface area contributed by atoms with Crippen LogP contribution in [0, 0.1) is 5.82 Å². The molecule has 0 fully saturated rings. The highest BCUT2D eigenvalue weighted by atomic mass is 19.1. The van der Waals surface area contributed by atoms with Gasteiger partial charge in [-0.15, -0.1) is 0 Å². The van der Waals surface area contributed by atoms with E-state index < -0.39 is 6.10 Å².